The summed E-state index contributed by atoms with van der Waals surface area (Å²) in [6, 6.07) is 13.1. The smallest absolute Gasteiger partial charge is 0.0499 e. The molecule has 0 radical (unpaired) electrons. The molecule has 2 rings (SSSR count). The number of hydrogen-bond acceptors (Lipinski definition) is 3. The molecule has 1 aromatic heterocycles. The van der Waals surface area contributed by atoms with E-state index in [4.69, 9.17) is 5.73 Å². The van der Waals surface area contributed by atoms with E-state index in [9.17, 15) is 0 Å². The molecule has 0 saturated heterocycles. The van der Waals surface area contributed by atoms with Crippen LogP contribution in [0.2, 0.25) is 0 Å². The van der Waals surface area contributed by atoms with Crippen LogP contribution in [0.4, 0.5) is 0 Å². The third kappa shape index (κ3) is 4.13. The van der Waals surface area contributed by atoms with E-state index in [0.717, 1.165) is 13.1 Å². The highest BCUT2D eigenvalue weighted by atomic mass is 15.2. The van der Waals surface area contributed by atoms with E-state index in [-0.39, 0.29) is 12.1 Å². The second-order valence-corrected chi connectivity index (χ2v) is 5.64. The normalized spacial score (nSPS) is 14.1. The Morgan fingerprint density at radius 3 is 2.48 bits per heavy atom. The van der Waals surface area contributed by atoms with Gasteiger partial charge in [-0.1, -0.05) is 36.8 Å². The van der Waals surface area contributed by atoms with Gasteiger partial charge in [-0.3, -0.25) is 9.88 Å². The van der Waals surface area contributed by atoms with Gasteiger partial charge in [0.25, 0.3) is 0 Å². The lowest BCUT2D eigenvalue weighted by atomic mass is 9.97. The van der Waals surface area contributed by atoms with Crippen molar-refractivity contribution in [3.63, 3.8) is 0 Å². The minimum Gasteiger partial charge on any atom is -0.326 e. The molecule has 2 atom stereocenters. The molecule has 0 fully saturated rings. The molecule has 0 saturated carbocycles. The Morgan fingerprint density at radius 2 is 1.90 bits per heavy atom. The lowest BCUT2D eigenvalue weighted by Crippen LogP contribution is -2.39. The summed E-state index contributed by atoms with van der Waals surface area (Å²) >= 11 is 0. The van der Waals surface area contributed by atoms with E-state index in [1.165, 1.54) is 16.7 Å². The van der Waals surface area contributed by atoms with Crippen molar-refractivity contribution < 1.29 is 0 Å². The highest BCUT2D eigenvalue weighted by Gasteiger charge is 2.23. The van der Waals surface area contributed by atoms with Gasteiger partial charge in [0.2, 0.25) is 0 Å². The molecule has 0 amide bonds. The minimum atomic E-state index is 0.0774. The second-order valence-electron chi connectivity index (χ2n) is 5.64. The van der Waals surface area contributed by atoms with Crippen LogP contribution in [0.1, 0.15) is 36.6 Å². The summed E-state index contributed by atoms with van der Waals surface area (Å²) in [6.07, 6.45) is 3.69. The van der Waals surface area contributed by atoms with Gasteiger partial charge in [0, 0.05) is 31.0 Å². The number of pyridine rings is 1. The van der Waals surface area contributed by atoms with Crippen molar-refractivity contribution in [2.24, 2.45) is 5.73 Å². The van der Waals surface area contributed by atoms with Gasteiger partial charge in [0.05, 0.1) is 0 Å². The maximum Gasteiger partial charge on any atom is 0.0499 e. The van der Waals surface area contributed by atoms with Crippen LogP contribution in [-0.2, 0) is 6.54 Å². The van der Waals surface area contributed by atoms with Crippen molar-refractivity contribution in [2.75, 3.05) is 6.54 Å². The maximum atomic E-state index is 6.29. The van der Waals surface area contributed by atoms with Gasteiger partial charge in [-0.15, -0.1) is 0 Å². The first-order valence-corrected chi connectivity index (χ1v) is 7.57. The first-order valence-electron chi connectivity index (χ1n) is 7.57. The Hall–Kier alpha value is -1.71. The van der Waals surface area contributed by atoms with Crippen LogP contribution in [0, 0.1) is 6.92 Å². The fourth-order valence-electron chi connectivity index (χ4n) is 2.83. The predicted octanol–water partition coefficient (Wildman–Crippen LogP) is 3.30. The molecule has 0 aliphatic carbocycles. The van der Waals surface area contributed by atoms with Crippen LogP contribution in [-0.4, -0.2) is 22.5 Å². The van der Waals surface area contributed by atoms with E-state index in [0.29, 0.717) is 0 Å². The fraction of sp³-hybridized carbons (Fsp3) is 0.389. The summed E-state index contributed by atoms with van der Waals surface area (Å²) in [7, 11) is 0. The van der Waals surface area contributed by atoms with Crippen molar-refractivity contribution in [1.29, 1.82) is 0 Å². The molecule has 0 bridgehead atoms. The SMILES string of the molecule is CCN(Cc1ccncc1)C(c1cccc(C)c1)C(C)N. The van der Waals surface area contributed by atoms with Crippen molar-refractivity contribution in [2.45, 2.75) is 39.4 Å². The third-order valence-corrected chi connectivity index (χ3v) is 3.82. The molecule has 3 nitrogen and oxygen atoms in total. The van der Waals surface area contributed by atoms with Crippen molar-refractivity contribution >= 4 is 0 Å². The monoisotopic (exact) mass is 283 g/mol. The first kappa shape index (κ1) is 15.7. The molecule has 0 aliphatic rings. The molecule has 2 N–H and O–H groups in total. The molecule has 112 valence electrons. The van der Waals surface area contributed by atoms with E-state index >= 15 is 0 Å². The Balaban J connectivity index is 2.26. The van der Waals surface area contributed by atoms with Gasteiger partial charge in [0.1, 0.15) is 0 Å². The molecule has 2 aromatic rings. The average Bonchev–Trinajstić information content (AvgIpc) is 2.47. The molecule has 3 heteroatoms. The molecule has 1 heterocycles. The van der Waals surface area contributed by atoms with E-state index in [1.54, 1.807) is 0 Å². The minimum absolute atomic E-state index is 0.0774. The number of nitrogens with two attached hydrogens (primary N) is 1. The molecule has 1 aromatic carbocycles. The summed E-state index contributed by atoms with van der Waals surface area (Å²) in [5, 5.41) is 0. The molecular weight excluding hydrogens is 258 g/mol. The molecular formula is C18H25N3. The van der Waals surface area contributed by atoms with Gasteiger partial charge in [-0.05, 0) is 43.7 Å². The van der Waals surface area contributed by atoms with Gasteiger partial charge in [-0.2, -0.15) is 0 Å². The molecule has 21 heavy (non-hydrogen) atoms. The zero-order valence-corrected chi connectivity index (χ0v) is 13.2. The third-order valence-electron chi connectivity index (χ3n) is 3.82. The number of rotatable bonds is 6. The van der Waals surface area contributed by atoms with Gasteiger partial charge in [-0.25, -0.2) is 0 Å². The summed E-state index contributed by atoms with van der Waals surface area (Å²) in [5.74, 6) is 0. The van der Waals surface area contributed by atoms with E-state index in [2.05, 4.69) is 67.1 Å². The van der Waals surface area contributed by atoms with Crippen molar-refractivity contribution in [3.05, 3.63) is 65.5 Å². The van der Waals surface area contributed by atoms with Gasteiger partial charge in [0.15, 0.2) is 0 Å². The highest BCUT2D eigenvalue weighted by Crippen LogP contribution is 2.25. The van der Waals surface area contributed by atoms with Crippen molar-refractivity contribution in [3.8, 4) is 0 Å². The number of nitrogens with zero attached hydrogens (tertiary/aromatic N) is 2. The fourth-order valence-corrected chi connectivity index (χ4v) is 2.83. The quantitative estimate of drug-likeness (QED) is 0.884. The number of likely N-dealkylation sites (N-methyl/N-ethyl adjacent to an activating group) is 1. The van der Waals surface area contributed by atoms with Crippen LogP contribution in [0.15, 0.2) is 48.8 Å². The second kappa shape index (κ2) is 7.34. The average molecular weight is 283 g/mol. The molecule has 0 spiro atoms. The Kier molecular flexibility index (Phi) is 5.48. The van der Waals surface area contributed by atoms with Crippen molar-refractivity contribution in [1.82, 2.24) is 9.88 Å². The van der Waals surface area contributed by atoms with Gasteiger partial charge >= 0.3 is 0 Å². The highest BCUT2D eigenvalue weighted by molar-refractivity contribution is 5.26. The Bertz CT molecular complexity index is 551. The number of benzene rings is 1. The number of aryl methyl sites for hydroxylation is 1. The van der Waals surface area contributed by atoms with Crippen LogP contribution in [0.5, 0.6) is 0 Å². The van der Waals surface area contributed by atoms with Crippen LogP contribution < -0.4 is 5.73 Å². The summed E-state index contributed by atoms with van der Waals surface area (Å²) < 4.78 is 0. The van der Waals surface area contributed by atoms with E-state index < -0.39 is 0 Å². The zero-order valence-electron chi connectivity index (χ0n) is 13.2. The topological polar surface area (TPSA) is 42.2 Å². The number of hydrogen-bond donors (Lipinski definition) is 1. The predicted molar refractivity (Wildman–Crippen MR) is 87.9 cm³/mol. The lowest BCUT2D eigenvalue weighted by Gasteiger charge is -2.34. The van der Waals surface area contributed by atoms with Gasteiger partial charge < -0.3 is 5.73 Å². The zero-order chi connectivity index (χ0) is 15.2. The largest absolute Gasteiger partial charge is 0.326 e. The van der Waals surface area contributed by atoms with Crippen LogP contribution in [0.3, 0.4) is 0 Å². The molecule has 2 unspecified atom stereocenters. The van der Waals surface area contributed by atoms with Crippen LogP contribution in [0.25, 0.3) is 0 Å². The van der Waals surface area contributed by atoms with Crippen LogP contribution >= 0.6 is 0 Å². The first-order chi connectivity index (χ1) is 10.1. The number of aromatic nitrogens is 1. The summed E-state index contributed by atoms with van der Waals surface area (Å²) in [6.45, 7) is 8.25. The summed E-state index contributed by atoms with van der Waals surface area (Å²) in [5.41, 5.74) is 10.1. The Morgan fingerprint density at radius 1 is 1.19 bits per heavy atom. The Labute approximate surface area is 127 Å². The lowest BCUT2D eigenvalue weighted by molar-refractivity contribution is 0.177. The van der Waals surface area contributed by atoms with E-state index in [1.807, 2.05) is 12.4 Å². The standard InChI is InChI=1S/C18H25N3/c1-4-21(13-16-8-10-20-11-9-16)18(15(3)19)17-7-5-6-14(2)12-17/h5-12,15,18H,4,13,19H2,1-3H3. The molecule has 0 aliphatic heterocycles. The maximum absolute atomic E-state index is 6.29. The summed E-state index contributed by atoms with van der Waals surface area (Å²) in [4.78, 5) is 6.51.